The maximum absolute atomic E-state index is 6.77. The average molecular weight is 797 g/mol. The van der Waals surface area contributed by atoms with Gasteiger partial charge in [-0.05, 0) is 127 Å². The summed E-state index contributed by atoms with van der Waals surface area (Å²) in [7, 11) is 0. The van der Waals surface area contributed by atoms with Crippen LogP contribution in [0.25, 0.3) is 82.8 Å². The minimum atomic E-state index is -0.129. The number of rotatable bonds is 1. The number of benzene rings is 8. The SMILES string of the molecule is CC(C)(C)c1ccc(N2B3c4cc5oc6ccccc6c5cc4-n4c5cc6c(cc5c5ccc(c3c54)-c3cc4c(cc32)-c2ccccc2C4(C)C)C(C)(C)c2ccccc2-6)cc1. The van der Waals surface area contributed by atoms with E-state index < -0.39 is 0 Å². The molecule has 3 nitrogen and oxygen atoms in total. The fourth-order valence-electron chi connectivity index (χ4n) is 12.4. The average Bonchev–Trinajstić information content (AvgIpc) is 3.94. The zero-order valence-corrected chi connectivity index (χ0v) is 36.2. The molecule has 0 saturated heterocycles. The zero-order valence-electron chi connectivity index (χ0n) is 36.2. The number of fused-ring (bicyclic) bond motifs is 17. The molecule has 2 aromatic heterocycles. The van der Waals surface area contributed by atoms with E-state index >= 15 is 0 Å². The van der Waals surface area contributed by atoms with Crippen LogP contribution in [0.15, 0.2) is 150 Å². The van der Waals surface area contributed by atoms with Crippen LogP contribution in [-0.2, 0) is 16.2 Å². The summed E-state index contributed by atoms with van der Waals surface area (Å²) in [4.78, 5) is 2.67. The van der Waals surface area contributed by atoms with Crippen LogP contribution in [0, 0.1) is 0 Å². The Morgan fingerprint density at radius 1 is 0.484 bits per heavy atom. The molecule has 14 rings (SSSR count). The van der Waals surface area contributed by atoms with Crippen molar-refractivity contribution in [2.45, 2.75) is 64.7 Å². The molecule has 4 heterocycles. The third kappa shape index (κ3) is 4.14. The lowest BCUT2D eigenvalue weighted by molar-refractivity contribution is 0.590. The summed E-state index contributed by atoms with van der Waals surface area (Å²) < 4.78 is 9.40. The van der Waals surface area contributed by atoms with Crippen molar-refractivity contribution in [2.24, 2.45) is 0 Å². The second-order valence-electron chi connectivity index (χ2n) is 20.5. The van der Waals surface area contributed by atoms with Crippen molar-refractivity contribution >= 4 is 72.9 Å². The fraction of sp³-hybridized carbons (Fsp3) is 0.172. The van der Waals surface area contributed by atoms with Gasteiger partial charge in [0, 0.05) is 55.0 Å². The first-order valence-corrected chi connectivity index (χ1v) is 22.3. The second kappa shape index (κ2) is 11.2. The lowest BCUT2D eigenvalue weighted by Crippen LogP contribution is -2.60. The number of hydrogen-bond acceptors (Lipinski definition) is 2. The van der Waals surface area contributed by atoms with Gasteiger partial charge in [-0.1, -0.05) is 139 Å². The highest BCUT2D eigenvalue weighted by Crippen LogP contribution is 2.56. The lowest BCUT2D eigenvalue weighted by Gasteiger charge is -2.42. The molecule has 4 aliphatic rings. The molecule has 8 aromatic carbocycles. The molecule has 0 unspecified atom stereocenters. The summed E-state index contributed by atoms with van der Waals surface area (Å²) in [6.45, 7) is 16.4. The third-order valence-electron chi connectivity index (χ3n) is 15.5. The highest BCUT2D eigenvalue weighted by atomic mass is 16.3. The smallest absolute Gasteiger partial charge is 0.333 e. The summed E-state index contributed by atoms with van der Waals surface area (Å²) in [6, 6.07) is 55.9. The van der Waals surface area contributed by atoms with Gasteiger partial charge in [-0.2, -0.15) is 0 Å². The van der Waals surface area contributed by atoms with E-state index in [2.05, 4.69) is 203 Å². The fourth-order valence-corrected chi connectivity index (χ4v) is 12.4. The minimum absolute atomic E-state index is 0.0356. The number of nitrogens with zero attached hydrogens (tertiary/aromatic N) is 2. The summed E-state index contributed by atoms with van der Waals surface area (Å²) in [5.74, 6) is 0. The molecule has 2 aliphatic heterocycles. The molecule has 4 heteroatoms. The summed E-state index contributed by atoms with van der Waals surface area (Å²) in [6.07, 6.45) is 0. The van der Waals surface area contributed by atoms with E-state index in [-0.39, 0.29) is 23.1 Å². The Labute approximate surface area is 362 Å². The standard InChI is InChI=1S/C58H45BN2O/c1-56(2,3)32-20-22-33(23-21-32)61-50-29-40-35-15-9-12-18-45(35)57(4,5)46(40)26-41(50)37-24-25-38-42-27-47-39(34-14-8-11-17-44(34)58(47,6)7)28-49(42)60-51-30-43-36-16-10-13-19-52(36)62-53(43)31-48(51)59(61)54(37)55(38)60/h8-31H,1-7H3. The predicted molar refractivity (Wildman–Crippen MR) is 261 cm³/mol. The molecule has 0 amide bonds. The van der Waals surface area contributed by atoms with Gasteiger partial charge in [-0.15, -0.1) is 0 Å². The molecule has 62 heavy (non-hydrogen) atoms. The third-order valence-corrected chi connectivity index (χ3v) is 15.5. The van der Waals surface area contributed by atoms with Crippen molar-refractivity contribution < 1.29 is 4.42 Å². The second-order valence-corrected chi connectivity index (χ2v) is 20.5. The van der Waals surface area contributed by atoms with Crippen molar-refractivity contribution in [3.05, 3.63) is 173 Å². The van der Waals surface area contributed by atoms with Crippen LogP contribution in [0.5, 0.6) is 0 Å². The molecular weight excluding hydrogens is 751 g/mol. The van der Waals surface area contributed by atoms with Gasteiger partial charge in [0.2, 0.25) is 0 Å². The van der Waals surface area contributed by atoms with Crippen molar-refractivity contribution in [1.29, 1.82) is 0 Å². The number of para-hydroxylation sites is 1. The molecule has 0 atom stereocenters. The maximum atomic E-state index is 6.77. The summed E-state index contributed by atoms with van der Waals surface area (Å²) in [5.41, 5.74) is 25.4. The van der Waals surface area contributed by atoms with Gasteiger partial charge in [0.05, 0.1) is 11.0 Å². The van der Waals surface area contributed by atoms with Crippen molar-refractivity contribution in [3.63, 3.8) is 0 Å². The number of anilines is 2. The molecule has 0 N–H and O–H groups in total. The molecule has 0 saturated carbocycles. The monoisotopic (exact) mass is 796 g/mol. The highest BCUT2D eigenvalue weighted by molar-refractivity contribution is 6.93. The molecule has 296 valence electrons. The number of aromatic nitrogens is 1. The van der Waals surface area contributed by atoms with Crippen LogP contribution < -0.4 is 15.7 Å². The van der Waals surface area contributed by atoms with Gasteiger partial charge in [0.1, 0.15) is 11.2 Å². The maximum Gasteiger partial charge on any atom is 0.333 e. The first kappa shape index (κ1) is 34.9. The van der Waals surface area contributed by atoms with Crippen LogP contribution in [0.2, 0.25) is 0 Å². The topological polar surface area (TPSA) is 21.3 Å². The van der Waals surface area contributed by atoms with Crippen LogP contribution >= 0.6 is 0 Å². The zero-order chi connectivity index (χ0) is 41.8. The molecular formula is C58H45BN2O. The van der Waals surface area contributed by atoms with Gasteiger partial charge < -0.3 is 13.8 Å². The van der Waals surface area contributed by atoms with Crippen molar-refractivity contribution in [3.8, 4) is 39.1 Å². The Morgan fingerprint density at radius 2 is 1.15 bits per heavy atom. The molecule has 0 bridgehead atoms. The Kier molecular flexibility index (Phi) is 6.29. The van der Waals surface area contributed by atoms with Gasteiger partial charge in [0.25, 0.3) is 0 Å². The highest BCUT2D eigenvalue weighted by Gasteiger charge is 2.47. The normalized spacial score (nSPS) is 15.9. The molecule has 2 aliphatic carbocycles. The van der Waals surface area contributed by atoms with E-state index in [1.807, 2.05) is 0 Å². The molecule has 0 spiro atoms. The lowest BCUT2D eigenvalue weighted by atomic mass is 9.44. The van der Waals surface area contributed by atoms with E-state index in [0.717, 1.165) is 21.9 Å². The van der Waals surface area contributed by atoms with Gasteiger partial charge in [-0.25, -0.2) is 0 Å². The minimum Gasteiger partial charge on any atom is -0.456 e. The van der Waals surface area contributed by atoms with E-state index in [1.165, 1.54) is 111 Å². The predicted octanol–water partition coefficient (Wildman–Crippen LogP) is 13.8. The van der Waals surface area contributed by atoms with Gasteiger partial charge >= 0.3 is 6.85 Å². The first-order chi connectivity index (χ1) is 29.9. The van der Waals surface area contributed by atoms with E-state index in [4.69, 9.17) is 4.42 Å². The van der Waals surface area contributed by atoms with E-state index in [0.29, 0.717) is 0 Å². The molecule has 0 fully saturated rings. The Morgan fingerprint density at radius 3 is 1.87 bits per heavy atom. The number of furan rings is 1. The quantitative estimate of drug-likeness (QED) is 0.154. The molecule has 0 radical (unpaired) electrons. The summed E-state index contributed by atoms with van der Waals surface area (Å²) >= 11 is 0. The number of hydrogen-bond donors (Lipinski definition) is 0. The molecule has 10 aromatic rings. The van der Waals surface area contributed by atoms with Gasteiger partial charge in [-0.3, -0.25) is 0 Å². The summed E-state index contributed by atoms with van der Waals surface area (Å²) in [5, 5.41) is 4.91. The van der Waals surface area contributed by atoms with Crippen LogP contribution in [-0.4, -0.2) is 11.4 Å². The van der Waals surface area contributed by atoms with Crippen molar-refractivity contribution in [2.75, 3.05) is 4.81 Å². The van der Waals surface area contributed by atoms with Crippen LogP contribution in [0.4, 0.5) is 11.4 Å². The largest absolute Gasteiger partial charge is 0.456 e. The van der Waals surface area contributed by atoms with Crippen molar-refractivity contribution in [1.82, 2.24) is 4.57 Å². The van der Waals surface area contributed by atoms with Crippen LogP contribution in [0.1, 0.15) is 76.3 Å². The van der Waals surface area contributed by atoms with E-state index in [1.54, 1.807) is 0 Å². The van der Waals surface area contributed by atoms with Gasteiger partial charge in [0.15, 0.2) is 0 Å². The Bertz CT molecular complexity index is 3680. The first-order valence-electron chi connectivity index (χ1n) is 22.3. The Balaban J connectivity index is 1.15. The Hall–Kier alpha value is -6.78. The van der Waals surface area contributed by atoms with E-state index in [9.17, 15) is 0 Å². The van der Waals surface area contributed by atoms with Crippen LogP contribution in [0.3, 0.4) is 0 Å².